The lowest BCUT2D eigenvalue weighted by molar-refractivity contribution is 0.707. The Balaban J connectivity index is 3.59. The smallest absolute Gasteiger partial charge is 0.289 e. The molecule has 0 bridgehead atoms. The molecule has 1 heterocycles. The van der Waals surface area contributed by atoms with Crippen molar-refractivity contribution in [3.63, 3.8) is 0 Å². The zero-order chi connectivity index (χ0) is 8.59. The Labute approximate surface area is 68.6 Å². The summed E-state index contributed by atoms with van der Waals surface area (Å²) >= 11 is 5.64. The van der Waals surface area contributed by atoms with E-state index in [1.807, 2.05) is 0 Å². The molecule has 60 valence electrons. The number of rotatable bonds is 0. The van der Waals surface area contributed by atoms with Crippen LogP contribution in [-0.2, 0) is 7.05 Å². The van der Waals surface area contributed by atoms with Gasteiger partial charge in [-0.2, -0.15) is 5.10 Å². The van der Waals surface area contributed by atoms with E-state index in [2.05, 4.69) is 5.10 Å². The quantitative estimate of drug-likeness (QED) is 0.615. The SMILES string of the molecule is Cc1c(Cl)nn(C)c(=O)c1N. The number of aromatic nitrogens is 2. The predicted octanol–water partition coefficient (Wildman–Crippen LogP) is 0.324. The van der Waals surface area contributed by atoms with Crippen LogP contribution in [-0.4, -0.2) is 9.78 Å². The number of hydrogen-bond acceptors (Lipinski definition) is 3. The number of hydrogen-bond donors (Lipinski definition) is 1. The van der Waals surface area contributed by atoms with E-state index in [9.17, 15) is 4.79 Å². The number of nitrogens with two attached hydrogens (primary N) is 1. The molecule has 0 saturated carbocycles. The molecular weight excluding hydrogens is 166 g/mol. The Bertz CT molecular complexity index is 344. The largest absolute Gasteiger partial charge is 0.394 e. The second-order valence-corrected chi connectivity index (χ2v) is 2.62. The monoisotopic (exact) mass is 173 g/mol. The van der Waals surface area contributed by atoms with Gasteiger partial charge in [0.15, 0.2) is 5.15 Å². The van der Waals surface area contributed by atoms with Gasteiger partial charge in [0.1, 0.15) is 5.69 Å². The van der Waals surface area contributed by atoms with E-state index in [1.54, 1.807) is 6.92 Å². The summed E-state index contributed by atoms with van der Waals surface area (Å²) in [5.41, 5.74) is 5.81. The Morgan fingerprint density at radius 2 is 2.18 bits per heavy atom. The van der Waals surface area contributed by atoms with Crippen LogP contribution in [0.25, 0.3) is 0 Å². The minimum absolute atomic E-state index is 0.160. The van der Waals surface area contributed by atoms with Crippen molar-refractivity contribution in [1.82, 2.24) is 9.78 Å². The first-order valence-corrected chi connectivity index (χ1v) is 3.40. The van der Waals surface area contributed by atoms with E-state index in [-0.39, 0.29) is 16.4 Å². The highest BCUT2D eigenvalue weighted by molar-refractivity contribution is 6.30. The normalized spacial score (nSPS) is 10.1. The van der Waals surface area contributed by atoms with Gasteiger partial charge in [-0.1, -0.05) is 11.6 Å². The van der Waals surface area contributed by atoms with Gasteiger partial charge in [0, 0.05) is 12.6 Å². The minimum atomic E-state index is -0.313. The summed E-state index contributed by atoms with van der Waals surface area (Å²) in [5.74, 6) is 0. The molecule has 0 unspecified atom stereocenters. The first-order chi connectivity index (χ1) is 5.04. The molecule has 4 nitrogen and oxygen atoms in total. The van der Waals surface area contributed by atoms with E-state index < -0.39 is 0 Å². The van der Waals surface area contributed by atoms with Gasteiger partial charge in [-0.05, 0) is 6.92 Å². The second-order valence-electron chi connectivity index (χ2n) is 2.26. The van der Waals surface area contributed by atoms with Gasteiger partial charge in [0.2, 0.25) is 0 Å². The molecule has 0 aliphatic heterocycles. The van der Waals surface area contributed by atoms with Crippen LogP contribution in [0, 0.1) is 6.92 Å². The fraction of sp³-hybridized carbons (Fsp3) is 0.333. The van der Waals surface area contributed by atoms with Crippen molar-refractivity contribution in [2.45, 2.75) is 6.92 Å². The number of aryl methyl sites for hydroxylation is 1. The first kappa shape index (κ1) is 8.07. The van der Waals surface area contributed by atoms with Gasteiger partial charge in [-0.25, -0.2) is 4.68 Å². The molecule has 1 aromatic rings. The molecule has 0 aliphatic carbocycles. The molecular formula is C6H8ClN3O. The van der Waals surface area contributed by atoms with Crippen molar-refractivity contribution in [3.8, 4) is 0 Å². The van der Waals surface area contributed by atoms with E-state index in [0.717, 1.165) is 4.68 Å². The van der Waals surface area contributed by atoms with E-state index >= 15 is 0 Å². The highest BCUT2D eigenvalue weighted by Gasteiger charge is 2.06. The average Bonchev–Trinajstić information content (AvgIpc) is 1.97. The van der Waals surface area contributed by atoms with Crippen LogP contribution in [0.4, 0.5) is 5.69 Å². The number of anilines is 1. The molecule has 0 aliphatic rings. The summed E-state index contributed by atoms with van der Waals surface area (Å²) in [7, 11) is 1.50. The maximum Gasteiger partial charge on any atom is 0.289 e. The van der Waals surface area contributed by atoms with E-state index in [4.69, 9.17) is 17.3 Å². The highest BCUT2D eigenvalue weighted by Crippen LogP contribution is 2.12. The highest BCUT2D eigenvalue weighted by atomic mass is 35.5. The maximum atomic E-state index is 11.1. The third-order valence-electron chi connectivity index (χ3n) is 1.48. The molecule has 1 aromatic heterocycles. The lowest BCUT2D eigenvalue weighted by atomic mass is 10.3. The zero-order valence-electron chi connectivity index (χ0n) is 6.26. The molecule has 11 heavy (non-hydrogen) atoms. The van der Waals surface area contributed by atoms with Crippen molar-refractivity contribution in [2.24, 2.45) is 7.05 Å². The van der Waals surface area contributed by atoms with Gasteiger partial charge in [0.25, 0.3) is 5.56 Å². The average molecular weight is 174 g/mol. The second kappa shape index (κ2) is 2.54. The van der Waals surface area contributed by atoms with Crippen molar-refractivity contribution in [1.29, 1.82) is 0 Å². The zero-order valence-corrected chi connectivity index (χ0v) is 7.01. The maximum absolute atomic E-state index is 11.1. The van der Waals surface area contributed by atoms with Crippen LogP contribution >= 0.6 is 11.6 Å². The number of nitrogen functional groups attached to an aromatic ring is 1. The van der Waals surface area contributed by atoms with Gasteiger partial charge in [0.05, 0.1) is 0 Å². The summed E-state index contributed by atoms with van der Waals surface area (Å²) in [4.78, 5) is 11.1. The molecule has 0 fully saturated rings. The van der Waals surface area contributed by atoms with Crippen molar-refractivity contribution >= 4 is 17.3 Å². The van der Waals surface area contributed by atoms with Gasteiger partial charge in [-0.3, -0.25) is 4.79 Å². The first-order valence-electron chi connectivity index (χ1n) is 3.03. The van der Waals surface area contributed by atoms with Crippen LogP contribution in [0.1, 0.15) is 5.56 Å². The Morgan fingerprint density at radius 3 is 2.73 bits per heavy atom. The van der Waals surface area contributed by atoms with Crippen LogP contribution in [0.2, 0.25) is 5.15 Å². The van der Waals surface area contributed by atoms with Gasteiger partial charge < -0.3 is 5.73 Å². The third kappa shape index (κ3) is 1.21. The standard InChI is InChI=1S/C6H8ClN3O/c1-3-4(8)6(11)10(2)9-5(3)7/h8H2,1-2H3. The summed E-state index contributed by atoms with van der Waals surface area (Å²) in [5, 5.41) is 3.99. The fourth-order valence-corrected chi connectivity index (χ4v) is 0.913. The van der Waals surface area contributed by atoms with Crippen molar-refractivity contribution in [2.75, 3.05) is 5.73 Å². The molecule has 5 heteroatoms. The van der Waals surface area contributed by atoms with Gasteiger partial charge in [-0.15, -0.1) is 0 Å². The van der Waals surface area contributed by atoms with Crippen molar-refractivity contribution < 1.29 is 0 Å². The lowest BCUT2D eigenvalue weighted by Gasteiger charge is -2.02. The molecule has 1 rings (SSSR count). The molecule has 0 saturated heterocycles. The Hall–Kier alpha value is -1.03. The molecule has 0 radical (unpaired) electrons. The molecule has 0 spiro atoms. The molecule has 2 N–H and O–H groups in total. The minimum Gasteiger partial charge on any atom is -0.394 e. The summed E-state index contributed by atoms with van der Waals surface area (Å²) in [6.07, 6.45) is 0. The number of halogens is 1. The molecule has 0 atom stereocenters. The Kier molecular flexibility index (Phi) is 1.87. The van der Waals surface area contributed by atoms with Crippen molar-refractivity contribution in [3.05, 3.63) is 21.1 Å². The molecule has 0 amide bonds. The van der Waals surface area contributed by atoms with Crippen LogP contribution in [0.5, 0.6) is 0 Å². The molecule has 0 aromatic carbocycles. The van der Waals surface area contributed by atoms with Crippen LogP contribution in [0.15, 0.2) is 4.79 Å². The van der Waals surface area contributed by atoms with Gasteiger partial charge >= 0.3 is 0 Å². The third-order valence-corrected chi connectivity index (χ3v) is 1.83. The Morgan fingerprint density at radius 1 is 1.64 bits per heavy atom. The summed E-state index contributed by atoms with van der Waals surface area (Å²) in [6, 6.07) is 0. The van der Waals surface area contributed by atoms with Crippen LogP contribution < -0.4 is 11.3 Å². The van der Waals surface area contributed by atoms with E-state index in [0.29, 0.717) is 5.56 Å². The van der Waals surface area contributed by atoms with E-state index in [1.165, 1.54) is 7.05 Å². The predicted molar refractivity (Wildman–Crippen MR) is 43.6 cm³/mol. The fourth-order valence-electron chi connectivity index (χ4n) is 0.698. The summed E-state index contributed by atoms with van der Waals surface area (Å²) < 4.78 is 1.12. The van der Waals surface area contributed by atoms with Crippen LogP contribution in [0.3, 0.4) is 0 Å². The summed E-state index contributed by atoms with van der Waals surface area (Å²) in [6.45, 7) is 1.66. The lowest BCUT2D eigenvalue weighted by Crippen LogP contribution is -2.23. The number of nitrogens with zero attached hydrogens (tertiary/aromatic N) is 2. The topological polar surface area (TPSA) is 60.9 Å².